The number of aromatic nitrogens is 4. The first kappa shape index (κ1) is 11.4. The molecule has 6 nitrogen and oxygen atoms in total. The van der Waals surface area contributed by atoms with Crippen LogP contribution in [0.2, 0.25) is 0 Å². The average Bonchev–Trinajstić information content (AvgIpc) is 2.80. The average molecular weight is 247 g/mol. The van der Waals surface area contributed by atoms with Gasteiger partial charge in [0.15, 0.2) is 0 Å². The van der Waals surface area contributed by atoms with Crippen molar-refractivity contribution in [1.82, 2.24) is 19.6 Å². The Morgan fingerprint density at radius 2 is 2.11 bits per heavy atom. The zero-order chi connectivity index (χ0) is 12.5. The van der Waals surface area contributed by atoms with Gasteiger partial charge in [0.1, 0.15) is 12.4 Å². The third-order valence-corrected chi connectivity index (χ3v) is 3.35. The predicted octanol–water partition coefficient (Wildman–Crippen LogP) is 1.08. The Hall–Kier alpha value is -1.69. The summed E-state index contributed by atoms with van der Waals surface area (Å²) in [5.74, 6) is 1.30. The molecule has 1 aliphatic carbocycles. The van der Waals surface area contributed by atoms with E-state index < -0.39 is 0 Å². The van der Waals surface area contributed by atoms with Crippen molar-refractivity contribution in [2.75, 3.05) is 0 Å². The monoisotopic (exact) mass is 247 g/mol. The molecule has 2 aromatic heterocycles. The van der Waals surface area contributed by atoms with Crippen molar-refractivity contribution in [3.05, 3.63) is 18.1 Å². The molecule has 0 amide bonds. The smallest absolute Gasteiger partial charge is 0.255 e. The highest BCUT2D eigenvalue weighted by atomic mass is 16.5. The third-order valence-electron chi connectivity index (χ3n) is 3.35. The first-order valence-corrected chi connectivity index (χ1v) is 6.32. The maximum Gasteiger partial charge on any atom is 0.255 e. The molecule has 0 radical (unpaired) electrons. The predicted molar refractivity (Wildman–Crippen MR) is 66.4 cm³/mol. The van der Waals surface area contributed by atoms with E-state index in [1.807, 2.05) is 13.0 Å². The van der Waals surface area contributed by atoms with Crippen molar-refractivity contribution in [2.24, 2.45) is 5.73 Å². The molecule has 2 N–H and O–H groups in total. The van der Waals surface area contributed by atoms with Crippen molar-refractivity contribution in [3.8, 4) is 5.88 Å². The molecule has 0 unspecified atom stereocenters. The third kappa shape index (κ3) is 2.15. The van der Waals surface area contributed by atoms with Crippen LogP contribution in [0.25, 0.3) is 5.78 Å². The highest BCUT2D eigenvalue weighted by Crippen LogP contribution is 2.23. The Morgan fingerprint density at radius 1 is 1.33 bits per heavy atom. The van der Waals surface area contributed by atoms with Gasteiger partial charge in [0.05, 0.1) is 0 Å². The van der Waals surface area contributed by atoms with Crippen LogP contribution in [0.4, 0.5) is 0 Å². The van der Waals surface area contributed by atoms with Gasteiger partial charge in [0, 0.05) is 17.8 Å². The molecule has 18 heavy (non-hydrogen) atoms. The molecule has 0 aliphatic heterocycles. The van der Waals surface area contributed by atoms with Crippen LogP contribution in [0.1, 0.15) is 31.4 Å². The minimum Gasteiger partial charge on any atom is -0.474 e. The minimum atomic E-state index is 0.221. The molecule has 2 aromatic rings. The summed E-state index contributed by atoms with van der Waals surface area (Å²) in [6.45, 7) is 1.93. The molecule has 0 saturated heterocycles. The lowest BCUT2D eigenvalue weighted by molar-refractivity contribution is 0.137. The van der Waals surface area contributed by atoms with Crippen molar-refractivity contribution in [1.29, 1.82) is 0 Å². The molecular formula is C12H17N5O. The summed E-state index contributed by atoms with van der Waals surface area (Å²) in [6.07, 6.45) is 5.76. The molecule has 96 valence electrons. The Bertz CT molecular complexity index is 544. The van der Waals surface area contributed by atoms with Crippen molar-refractivity contribution in [2.45, 2.75) is 44.8 Å². The highest BCUT2D eigenvalue weighted by Gasteiger charge is 2.21. The number of fused-ring (bicyclic) bond motifs is 1. The molecule has 2 heterocycles. The van der Waals surface area contributed by atoms with Crippen molar-refractivity contribution >= 4 is 5.78 Å². The van der Waals surface area contributed by atoms with Gasteiger partial charge in [-0.25, -0.2) is 4.98 Å². The zero-order valence-corrected chi connectivity index (χ0v) is 10.4. The van der Waals surface area contributed by atoms with Gasteiger partial charge in [0.2, 0.25) is 5.88 Å². The second-order valence-corrected chi connectivity index (χ2v) is 4.86. The van der Waals surface area contributed by atoms with Crippen LogP contribution in [-0.2, 0) is 0 Å². The lowest BCUT2D eigenvalue weighted by Crippen LogP contribution is -2.32. The van der Waals surface area contributed by atoms with Crippen LogP contribution in [0.3, 0.4) is 0 Å². The summed E-state index contributed by atoms with van der Waals surface area (Å²) < 4.78 is 7.66. The fraction of sp³-hybridized carbons (Fsp3) is 0.583. The second kappa shape index (κ2) is 4.53. The van der Waals surface area contributed by atoms with Crippen LogP contribution in [0.5, 0.6) is 5.88 Å². The molecule has 3 rings (SSSR count). The van der Waals surface area contributed by atoms with Gasteiger partial charge in [-0.05, 0) is 32.6 Å². The van der Waals surface area contributed by atoms with Crippen LogP contribution in [0, 0.1) is 6.92 Å². The highest BCUT2D eigenvalue weighted by molar-refractivity contribution is 5.32. The summed E-state index contributed by atoms with van der Waals surface area (Å²) in [5.41, 5.74) is 6.78. The summed E-state index contributed by atoms with van der Waals surface area (Å²) in [4.78, 5) is 8.38. The van der Waals surface area contributed by atoms with Gasteiger partial charge in [-0.3, -0.25) is 0 Å². The molecule has 0 atom stereocenters. The van der Waals surface area contributed by atoms with Crippen LogP contribution < -0.4 is 10.5 Å². The summed E-state index contributed by atoms with van der Waals surface area (Å²) in [6, 6.07) is 2.23. The number of hydrogen-bond donors (Lipinski definition) is 1. The number of rotatable bonds is 2. The van der Waals surface area contributed by atoms with E-state index in [0.29, 0.717) is 11.8 Å². The lowest BCUT2D eigenvalue weighted by Gasteiger charge is -2.26. The molecule has 0 aromatic carbocycles. The van der Waals surface area contributed by atoms with E-state index in [1.165, 1.54) is 6.33 Å². The van der Waals surface area contributed by atoms with Crippen LogP contribution >= 0.6 is 0 Å². The number of nitrogens with zero attached hydrogens (tertiary/aromatic N) is 4. The SMILES string of the molecule is Cc1cc(OC2CCC(N)CC2)n2ncnc2n1. The first-order chi connectivity index (χ1) is 8.72. The summed E-state index contributed by atoms with van der Waals surface area (Å²) in [7, 11) is 0. The van der Waals surface area contributed by atoms with E-state index in [0.717, 1.165) is 37.3 Å². The van der Waals surface area contributed by atoms with E-state index in [2.05, 4.69) is 15.1 Å². The molecule has 0 bridgehead atoms. The number of hydrogen-bond acceptors (Lipinski definition) is 5. The van der Waals surface area contributed by atoms with Crippen molar-refractivity contribution in [3.63, 3.8) is 0 Å². The summed E-state index contributed by atoms with van der Waals surface area (Å²) in [5, 5.41) is 4.13. The number of nitrogens with two attached hydrogens (primary N) is 1. The Kier molecular flexibility index (Phi) is 2.87. The van der Waals surface area contributed by atoms with Crippen LogP contribution in [0.15, 0.2) is 12.4 Å². The number of aryl methyl sites for hydroxylation is 1. The quantitative estimate of drug-likeness (QED) is 0.859. The first-order valence-electron chi connectivity index (χ1n) is 6.32. The molecule has 6 heteroatoms. The Balaban J connectivity index is 1.83. The van der Waals surface area contributed by atoms with Gasteiger partial charge < -0.3 is 10.5 Å². The zero-order valence-electron chi connectivity index (χ0n) is 10.4. The largest absolute Gasteiger partial charge is 0.474 e. The fourth-order valence-electron chi connectivity index (χ4n) is 2.36. The lowest BCUT2D eigenvalue weighted by atomic mass is 9.94. The maximum atomic E-state index is 6.02. The molecular weight excluding hydrogens is 230 g/mol. The maximum absolute atomic E-state index is 6.02. The van der Waals surface area contributed by atoms with Gasteiger partial charge in [-0.15, -0.1) is 0 Å². The van der Waals surface area contributed by atoms with Gasteiger partial charge >= 0.3 is 0 Å². The van der Waals surface area contributed by atoms with Crippen molar-refractivity contribution < 1.29 is 4.74 Å². The Labute approximate surface area is 105 Å². The normalized spacial score (nSPS) is 24.3. The molecule has 0 spiro atoms. The molecule has 1 aliphatic rings. The second-order valence-electron chi connectivity index (χ2n) is 4.86. The summed E-state index contributed by atoms with van der Waals surface area (Å²) >= 11 is 0. The van der Waals surface area contributed by atoms with Gasteiger partial charge in [0.25, 0.3) is 5.78 Å². The van der Waals surface area contributed by atoms with E-state index in [4.69, 9.17) is 10.5 Å². The van der Waals surface area contributed by atoms with E-state index in [9.17, 15) is 0 Å². The molecule has 1 fully saturated rings. The fourth-order valence-corrected chi connectivity index (χ4v) is 2.36. The Morgan fingerprint density at radius 3 is 2.89 bits per heavy atom. The van der Waals surface area contributed by atoms with E-state index in [1.54, 1.807) is 4.52 Å². The molecule has 1 saturated carbocycles. The van der Waals surface area contributed by atoms with Gasteiger partial charge in [-0.1, -0.05) is 0 Å². The van der Waals surface area contributed by atoms with Gasteiger partial charge in [-0.2, -0.15) is 14.6 Å². The standard InChI is InChI=1S/C12H17N5O/c1-8-6-11(17-12(16-8)14-7-15-17)18-10-4-2-9(13)3-5-10/h6-7,9-10H,2-5,13H2,1H3. The van der Waals surface area contributed by atoms with E-state index in [-0.39, 0.29) is 6.10 Å². The topological polar surface area (TPSA) is 78.3 Å². The number of ether oxygens (including phenoxy) is 1. The van der Waals surface area contributed by atoms with Crippen LogP contribution in [-0.4, -0.2) is 31.7 Å². The minimum absolute atomic E-state index is 0.221. The van der Waals surface area contributed by atoms with E-state index >= 15 is 0 Å².